The monoisotopic (exact) mass is 1100 g/mol. The number of para-hydroxylation sites is 6. The molecule has 0 N–H and O–H groups in total. The van der Waals surface area contributed by atoms with Crippen LogP contribution in [0.5, 0.6) is 0 Å². The normalized spacial score (nSPS) is 12.7. The zero-order valence-corrected chi connectivity index (χ0v) is 50.0. The fourth-order valence-corrected chi connectivity index (χ4v) is 13.8. The number of hydrogen-bond donors (Lipinski definition) is 0. The molecule has 6 nitrogen and oxygen atoms in total. The molecule has 4 heterocycles. The number of benzene rings is 11. The van der Waals surface area contributed by atoms with Gasteiger partial charge < -0.3 is 27.5 Å². The first-order valence-electron chi connectivity index (χ1n) is 29.8. The molecule has 0 atom stereocenters. The van der Waals surface area contributed by atoms with Crippen molar-refractivity contribution >= 4 is 143 Å². The molecule has 0 saturated carbocycles. The maximum absolute atomic E-state index is 7.40. The molecule has 0 fully saturated rings. The third kappa shape index (κ3) is 7.82. The molecule has 0 spiro atoms. The second-order valence-electron chi connectivity index (χ2n) is 26.1. The van der Waals surface area contributed by atoms with E-state index in [-0.39, 0.29) is 10.8 Å². The highest BCUT2D eigenvalue weighted by Gasteiger charge is 2.35. The van der Waals surface area contributed by atoms with E-state index in [0.717, 1.165) is 155 Å². The maximum atomic E-state index is 7.40. The van der Waals surface area contributed by atoms with Crippen LogP contribution in [0.25, 0.3) is 109 Å². The molecule has 0 aliphatic carbocycles. The lowest BCUT2D eigenvalue weighted by molar-refractivity contribution is 0.564. The van der Waals surface area contributed by atoms with Crippen molar-refractivity contribution in [2.45, 2.75) is 106 Å². The van der Waals surface area contributed by atoms with Crippen molar-refractivity contribution in [2.75, 3.05) is 9.80 Å². The average Bonchev–Trinajstić information content (AvgIpc) is 1.85. The lowest BCUT2D eigenvalue weighted by atomic mass is 9.77. The van der Waals surface area contributed by atoms with Crippen LogP contribution in [0.2, 0.25) is 0 Å². The van der Waals surface area contributed by atoms with Gasteiger partial charge in [0.15, 0.2) is 11.2 Å². The van der Waals surface area contributed by atoms with Gasteiger partial charge >= 0.3 is 0 Å². The Kier molecular flexibility index (Phi) is 11.4. The third-order valence-corrected chi connectivity index (χ3v) is 17.7. The highest BCUT2D eigenvalue weighted by molar-refractivity contribution is 6.23. The minimum Gasteiger partial charge on any atom is -0.456 e. The zero-order valence-electron chi connectivity index (χ0n) is 50.0. The summed E-state index contributed by atoms with van der Waals surface area (Å²) >= 11 is 0. The molecular weight excluding hydrogens is 1030 g/mol. The van der Waals surface area contributed by atoms with Crippen molar-refractivity contribution in [1.82, 2.24) is 0 Å². The second kappa shape index (κ2) is 18.6. The van der Waals surface area contributed by atoms with Gasteiger partial charge in [-0.25, -0.2) is 0 Å². The number of hydrogen-bond acceptors (Lipinski definition) is 6. The molecule has 15 rings (SSSR count). The lowest BCUT2D eigenvalue weighted by Gasteiger charge is -2.27. The number of furan rings is 4. The fourth-order valence-electron chi connectivity index (χ4n) is 13.8. The van der Waals surface area contributed by atoms with Gasteiger partial charge in [0.25, 0.3) is 0 Å². The first-order valence-corrected chi connectivity index (χ1v) is 29.8. The van der Waals surface area contributed by atoms with Crippen LogP contribution in [0.15, 0.2) is 200 Å². The maximum Gasteiger partial charge on any atom is 0.159 e. The molecule has 0 unspecified atom stereocenters. The average molecular weight is 1100 g/mol. The molecular formula is C78H68N2O4. The summed E-state index contributed by atoms with van der Waals surface area (Å²) < 4.78 is 28.7. The van der Waals surface area contributed by atoms with Crippen molar-refractivity contribution in [3.8, 4) is 0 Å². The Morgan fingerprint density at radius 2 is 0.690 bits per heavy atom. The Hall–Kier alpha value is -9.26. The highest BCUT2D eigenvalue weighted by Crippen LogP contribution is 2.53. The summed E-state index contributed by atoms with van der Waals surface area (Å²) in [5.41, 5.74) is 19.8. The predicted molar refractivity (Wildman–Crippen MR) is 355 cm³/mol. The molecule has 0 aliphatic rings. The molecule has 414 valence electrons. The lowest BCUT2D eigenvalue weighted by Crippen LogP contribution is -2.16. The van der Waals surface area contributed by atoms with Crippen LogP contribution in [-0.2, 0) is 10.8 Å². The first-order chi connectivity index (χ1) is 40.4. The molecule has 0 amide bonds. The summed E-state index contributed by atoms with van der Waals surface area (Å²) in [7, 11) is 0. The van der Waals surface area contributed by atoms with Gasteiger partial charge in [-0.3, -0.25) is 0 Å². The van der Waals surface area contributed by atoms with Crippen LogP contribution in [0, 0.1) is 13.8 Å². The topological polar surface area (TPSA) is 59.0 Å². The Morgan fingerprint density at radius 3 is 1.07 bits per heavy atom. The van der Waals surface area contributed by atoms with Crippen molar-refractivity contribution in [3.05, 3.63) is 215 Å². The predicted octanol–water partition coefficient (Wildman–Crippen LogP) is 24.0. The molecule has 84 heavy (non-hydrogen) atoms. The Labute approximate surface area is 489 Å². The van der Waals surface area contributed by atoms with Gasteiger partial charge in [-0.2, -0.15) is 0 Å². The molecule has 4 aromatic heterocycles. The second-order valence-corrected chi connectivity index (χ2v) is 26.1. The third-order valence-electron chi connectivity index (χ3n) is 17.7. The van der Waals surface area contributed by atoms with E-state index in [1.807, 2.05) is 0 Å². The minimum absolute atomic E-state index is 0.318. The van der Waals surface area contributed by atoms with Gasteiger partial charge in [0.2, 0.25) is 0 Å². The standard InChI is InChI=1S/C78H68N2O4/c1-43(2)53-23-17-25-55-57-27-19-31-63(73(57)83-71(53)55)79(61-29-15-13-21-45(61)5)51-35-33-47-39-59-65(41-49(47)37-51)81-75-67(59)69(77(7,8)9)76-68(70(75)78(10,11)12)60-40-48-34-36-52(38-50(48)42-66(60)82-76)80(62-30-16-14-22-46(62)6)64-32-20-28-58-56-26-18-24-54(44(3)4)72(56)84-74(58)64/h13-44H,1-12H3. The smallest absolute Gasteiger partial charge is 0.159 e. The number of anilines is 6. The summed E-state index contributed by atoms with van der Waals surface area (Å²) in [5, 5.41) is 13.3. The summed E-state index contributed by atoms with van der Waals surface area (Å²) in [6.07, 6.45) is 0. The van der Waals surface area contributed by atoms with E-state index in [9.17, 15) is 0 Å². The van der Waals surface area contributed by atoms with Crippen LogP contribution < -0.4 is 9.80 Å². The van der Waals surface area contributed by atoms with E-state index < -0.39 is 0 Å². The molecule has 0 aliphatic heterocycles. The van der Waals surface area contributed by atoms with Gasteiger partial charge in [-0.1, -0.05) is 178 Å². The number of nitrogens with zero attached hydrogens (tertiary/aromatic N) is 2. The number of rotatable bonds is 8. The fraction of sp³-hybridized carbons (Fsp3) is 0.205. The summed E-state index contributed by atoms with van der Waals surface area (Å²) in [6.45, 7) is 27.1. The summed E-state index contributed by atoms with van der Waals surface area (Å²) in [6, 6.07) is 66.2. The van der Waals surface area contributed by atoms with E-state index in [2.05, 4.69) is 275 Å². The quantitative estimate of drug-likeness (QED) is 0.151. The largest absolute Gasteiger partial charge is 0.456 e. The Morgan fingerprint density at radius 1 is 0.321 bits per heavy atom. The number of fused-ring (bicyclic) bond motifs is 14. The van der Waals surface area contributed by atoms with Crippen LogP contribution in [0.3, 0.4) is 0 Å². The molecule has 11 aromatic carbocycles. The SMILES string of the molecule is Cc1ccccc1N(c1ccc2cc3c(cc2c1)oc1c(C(C)(C)C)c2c(oc4cc5cc(N(c6ccccc6C)c6cccc7c6oc6c(C(C)C)cccc67)ccc5cc42)c(C(C)(C)C)c13)c1cccc2c1oc1c(C(C)C)cccc12. The van der Waals surface area contributed by atoms with E-state index >= 15 is 0 Å². The highest BCUT2D eigenvalue weighted by atomic mass is 16.3. The zero-order chi connectivity index (χ0) is 57.8. The van der Waals surface area contributed by atoms with Gasteiger partial charge in [0, 0.05) is 77.0 Å². The minimum atomic E-state index is -0.327. The molecule has 0 saturated heterocycles. The van der Waals surface area contributed by atoms with E-state index in [0.29, 0.717) is 11.8 Å². The van der Waals surface area contributed by atoms with E-state index in [1.54, 1.807) is 0 Å². The molecule has 6 heteroatoms. The molecule has 0 bridgehead atoms. The van der Waals surface area contributed by atoms with Crippen LogP contribution in [0.1, 0.15) is 114 Å². The first kappa shape index (κ1) is 51.6. The van der Waals surface area contributed by atoms with Crippen molar-refractivity contribution in [2.24, 2.45) is 0 Å². The molecule has 0 radical (unpaired) electrons. The van der Waals surface area contributed by atoms with E-state index in [1.165, 1.54) is 22.3 Å². The van der Waals surface area contributed by atoms with Crippen LogP contribution in [-0.4, -0.2) is 0 Å². The summed E-state index contributed by atoms with van der Waals surface area (Å²) in [4.78, 5) is 4.73. The van der Waals surface area contributed by atoms with E-state index in [4.69, 9.17) is 17.7 Å². The Bertz CT molecular complexity index is 4890. The van der Waals surface area contributed by atoms with Crippen molar-refractivity contribution in [1.29, 1.82) is 0 Å². The Balaban J connectivity index is 0.917. The summed E-state index contributed by atoms with van der Waals surface area (Å²) in [5.74, 6) is 0.636. The van der Waals surface area contributed by atoms with Crippen LogP contribution >= 0.6 is 0 Å². The van der Waals surface area contributed by atoms with Crippen LogP contribution in [0.4, 0.5) is 34.1 Å². The van der Waals surface area contributed by atoms with Gasteiger partial charge in [0.05, 0.1) is 11.4 Å². The number of aryl methyl sites for hydroxylation is 2. The van der Waals surface area contributed by atoms with Crippen molar-refractivity contribution in [3.63, 3.8) is 0 Å². The van der Waals surface area contributed by atoms with Crippen molar-refractivity contribution < 1.29 is 17.7 Å². The van der Waals surface area contributed by atoms with Gasteiger partial charge in [0.1, 0.15) is 33.5 Å². The van der Waals surface area contributed by atoms with Gasteiger partial charge in [-0.15, -0.1) is 0 Å². The van der Waals surface area contributed by atoms with Gasteiger partial charge in [-0.05, 0) is 153 Å². The molecule has 15 aromatic rings.